The van der Waals surface area contributed by atoms with Gasteiger partial charge in [0, 0.05) is 26.4 Å². The van der Waals surface area contributed by atoms with Gasteiger partial charge in [-0.2, -0.15) is 0 Å². The summed E-state index contributed by atoms with van der Waals surface area (Å²) in [4.78, 5) is 12.6. The summed E-state index contributed by atoms with van der Waals surface area (Å²) in [5.74, 6) is 0. The molecule has 0 aliphatic carbocycles. The molecule has 43 heavy (non-hydrogen) atoms. The van der Waals surface area contributed by atoms with E-state index in [9.17, 15) is 9.90 Å². The Morgan fingerprint density at radius 3 is 1.91 bits per heavy atom. The zero-order valence-corrected chi connectivity index (χ0v) is 28.3. The average Bonchev–Trinajstić information content (AvgIpc) is 2.94. The number of carbonyl (C=O) groups excluding carboxylic acids is 1. The first kappa shape index (κ1) is 39.8. The van der Waals surface area contributed by atoms with Gasteiger partial charge in [-0.1, -0.05) is 65.5 Å². The van der Waals surface area contributed by atoms with E-state index in [1.165, 1.54) is 0 Å². The molecule has 1 saturated heterocycles. The molecule has 0 bridgehead atoms. The van der Waals surface area contributed by atoms with E-state index in [2.05, 4.69) is 33.0 Å². The largest absolute Gasteiger partial charge is 0.444 e. The number of aliphatic hydroxyl groups is 1. The third-order valence-electron chi connectivity index (χ3n) is 6.88. The van der Waals surface area contributed by atoms with Crippen LogP contribution in [0.2, 0.25) is 0 Å². The van der Waals surface area contributed by atoms with Crippen molar-refractivity contribution in [1.82, 2.24) is 5.32 Å². The molecule has 10 nitrogen and oxygen atoms in total. The molecule has 3 unspecified atom stereocenters. The van der Waals surface area contributed by atoms with E-state index >= 15 is 0 Å². The number of nitrogens with one attached hydrogen (secondary N) is 1. The van der Waals surface area contributed by atoms with Crippen molar-refractivity contribution in [1.29, 1.82) is 0 Å². The van der Waals surface area contributed by atoms with Crippen molar-refractivity contribution in [2.24, 2.45) is 0 Å². The summed E-state index contributed by atoms with van der Waals surface area (Å²) >= 11 is 0. The number of allylic oxidation sites excluding steroid dienone is 1. The minimum absolute atomic E-state index is 0.0461. The monoisotopic (exact) mass is 617 g/mol. The van der Waals surface area contributed by atoms with Crippen LogP contribution in [0.3, 0.4) is 0 Å². The Morgan fingerprint density at radius 1 is 0.837 bits per heavy atom. The SMILES string of the molecule is C/C=C/[C@@H](O)[C@H](CO[C@H]1OC(COCCCC)[C@H](OCCCC)C(OCCCC)C1OCCCC)NC(=O)OC(C)(C)C. The van der Waals surface area contributed by atoms with Crippen molar-refractivity contribution in [3.63, 3.8) is 0 Å². The second-order valence-corrected chi connectivity index (χ2v) is 12.1. The number of amides is 1. The lowest BCUT2D eigenvalue weighted by molar-refractivity contribution is -0.325. The number of unbranched alkanes of at least 4 members (excludes halogenated alkanes) is 4. The van der Waals surface area contributed by atoms with Crippen molar-refractivity contribution in [2.75, 3.05) is 39.6 Å². The van der Waals surface area contributed by atoms with Gasteiger partial charge in [0.05, 0.1) is 25.4 Å². The maximum atomic E-state index is 12.6. The highest BCUT2D eigenvalue weighted by Gasteiger charge is 2.49. The smallest absolute Gasteiger partial charge is 0.408 e. The molecule has 1 heterocycles. The van der Waals surface area contributed by atoms with Crippen LogP contribution >= 0.6 is 0 Å². The number of alkyl carbamates (subject to hydrolysis) is 1. The molecular weight excluding hydrogens is 554 g/mol. The molecule has 1 rings (SSSR count). The maximum Gasteiger partial charge on any atom is 0.408 e. The Kier molecular flexibility index (Phi) is 21.4. The molecule has 1 fully saturated rings. The molecule has 2 N–H and O–H groups in total. The van der Waals surface area contributed by atoms with E-state index < -0.39 is 54.5 Å². The minimum Gasteiger partial charge on any atom is -0.444 e. The maximum absolute atomic E-state index is 12.6. The normalized spacial score (nSPS) is 24.3. The van der Waals surface area contributed by atoms with Crippen molar-refractivity contribution in [3.05, 3.63) is 12.2 Å². The predicted molar refractivity (Wildman–Crippen MR) is 168 cm³/mol. The topological polar surface area (TPSA) is 114 Å². The average molecular weight is 618 g/mol. The predicted octanol–water partition coefficient (Wildman–Crippen LogP) is 5.93. The summed E-state index contributed by atoms with van der Waals surface area (Å²) in [5, 5.41) is 13.6. The number of rotatable bonds is 23. The van der Waals surface area contributed by atoms with Gasteiger partial charge in [-0.25, -0.2) is 4.79 Å². The summed E-state index contributed by atoms with van der Waals surface area (Å²) in [6.07, 6.45) is 6.62. The van der Waals surface area contributed by atoms with Crippen LogP contribution in [0.15, 0.2) is 12.2 Å². The van der Waals surface area contributed by atoms with Gasteiger partial charge < -0.3 is 43.6 Å². The number of ether oxygens (including phenoxy) is 7. The zero-order chi connectivity index (χ0) is 32.1. The summed E-state index contributed by atoms with van der Waals surface area (Å²) in [6.45, 7) is 18.2. The molecule has 0 aromatic heterocycles. The van der Waals surface area contributed by atoms with Crippen molar-refractivity contribution < 1.29 is 43.1 Å². The summed E-state index contributed by atoms with van der Waals surface area (Å²) in [6, 6.07) is -0.789. The molecular formula is C33H63NO9. The Bertz CT molecular complexity index is 730. The number of hydrogen-bond donors (Lipinski definition) is 2. The van der Waals surface area contributed by atoms with Gasteiger partial charge in [0.25, 0.3) is 0 Å². The van der Waals surface area contributed by atoms with E-state index in [0.29, 0.717) is 33.0 Å². The van der Waals surface area contributed by atoms with Gasteiger partial charge >= 0.3 is 6.09 Å². The quantitative estimate of drug-likeness (QED) is 0.106. The van der Waals surface area contributed by atoms with Crippen LogP contribution in [0.5, 0.6) is 0 Å². The number of aliphatic hydroxyl groups excluding tert-OH is 1. The van der Waals surface area contributed by atoms with Crippen LogP contribution in [0.4, 0.5) is 4.79 Å². The molecule has 0 aromatic rings. The lowest BCUT2D eigenvalue weighted by Crippen LogP contribution is -2.62. The molecule has 7 atom stereocenters. The Hall–Kier alpha value is -1.27. The molecule has 1 amide bonds. The summed E-state index contributed by atoms with van der Waals surface area (Å²) < 4.78 is 43.7. The van der Waals surface area contributed by atoms with Gasteiger partial charge in [-0.15, -0.1) is 0 Å². The van der Waals surface area contributed by atoms with Crippen LogP contribution < -0.4 is 5.32 Å². The zero-order valence-electron chi connectivity index (χ0n) is 28.3. The van der Waals surface area contributed by atoms with Crippen LogP contribution in [0.25, 0.3) is 0 Å². The second kappa shape index (κ2) is 23.1. The van der Waals surface area contributed by atoms with Crippen LogP contribution in [-0.4, -0.2) is 99.3 Å². The molecule has 0 aromatic carbocycles. The molecule has 1 aliphatic heterocycles. The highest BCUT2D eigenvalue weighted by Crippen LogP contribution is 2.30. The van der Waals surface area contributed by atoms with Gasteiger partial charge in [-0.05, 0) is 53.4 Å². The molecule has 0 saturated carbocycles. The van der Waals surface area contributed by atoms with Gasteiger partial charge in [0.2, 0.25) is 0 Å². The highest BCUT2D eigenvalue weighted by atomic mass is 16.7. The van der Waals surface area contributed by atoms with Crippen molar-refractivity contribution in [2.45, 2.75) is 155 Å². The minimum atomic E-state index is -1.00. The molecule has 10 heteroatoms. The standard InChI is InChI=1S/C33H63NO9/c1-9-14-19-37-24-27-28(38-20-15-10-2)29(39-21-16-11-3)30(40-22-17-12-4)31(42-27)41-23-25(26(35)18-13-5)34-32(36)43-33(6,7)8/h13,18,25-31,35H,9-12,14-17,19-24H2,1-8H3,(H,34,36)/b18-13+/t25-,26+,27?,28-,29?,30?,31-/m0/s1. The summed E-state index contributed by atoms with van der Waals surface area (Å²) in [7, 11) is 0. The first-order valence-corrected chi connectivity index (χ1v) is 16.6. The van der Waals surface area contributed by atoms with Crippen molar-refractivity contribution in [3.8, 4) is 0 Å². The van der Waals surface area contributed by atoms with Gasteiger partial charge in [0.15, 0.2) is 6.29 Å². The van der Waals surface area contributed by atoms with E-state index in [1.54, 1.807) is 39.8 Å². The van der Waals surface area contributed by atoms with Gasteiger partial charge in [0.1, 0.15) is 30.0 Å². The van der Waals surface area contributed by atoms with Crippen LogP contribution in [0.1, 0.15) is 107 Å². The molecule has 1 aliphatic rings. The van der Waals surface area contributed by atoms with E-state index in [4.69, 9.17) is 33.2 Å². The number of hydrogen-bond acceptors (Lipinski definition) is 9. The third kappa shape index (κ3) is 16.6. The van der Waals surface area contributed by atoms with Crippen LogP contribution in [-0.2, 0) is 33.2 Å². The highest BCUT2D eigenvalue weighted by molar-refractivity contribution is 5.68. The van der Waals surface area contributed by atoms with E-state index in [1.807, 2.05) is 0 Å². The lowest BCUT2D eigenvalue weighted by atomic mass is 9.98. The van der Waals surface area contributed by atoms with E-state index in [-0.39, 0.29) is 6.61 Å². The third-order valence-corrected chi connectivity index (χ3v) is 6.88. The second-order valence-electron chi connectivity index (χ2n) is 12.1. The van der Waals surface area contributed by atoms with E-state index in [0.717, 1.165) is 51.4 Å². The first-order valence-electron chi connectivity index (χ1n) is 16.6. The fraction of sp³-hybridized carbons (Fsp3) is 0.909. The lowest BCUT2D eigenvalue weighted by Gasteiger charge is -2.46. The molecule has 0 radical (unpaired) electrons. The van der Waals surface area contributed by atoms with Crippen LogP contribution in [0, 0.1) is 0 Å². The Balaban J connectivity index is 3.30. The van der Waals surface area contributed by atoms with Crippen molar-refractivity contribution >= 4 is 6.09 Å². The Morgan fingerprint density at radius 2 is 1.37 bits per heavy atom. The summed E-state index contributed by atoms with van der Waals surface area (Å²) in [5.41, 5.74) is -0.688. The molecule has 254 valence electrons. The number of carbonyl (C=O) groups is 1. The first-order chi connectivity index (χ1) is 20.6. The fourth-order valence-corrected chi connectivity index (χ4v) is 4.47. The Labute approximate surface area is 261 Å². The fourth-order valence-electron chi connectivity index (χ4n) is 4.47. The molecule has 0 spiro atoms. The van der Waals surface area contributed by atoms with Gasteiger partial charge in [-0.3, -0.25) is 0 Å².